The number of unbranched alkanes of at least 4 members (excludes halogenated alkanes) is 1. The number of carbonyl (C=O) groups is 2. The van der Waals surface area contributed by atoms with Crippen LogP contribution in [0.3, 0.4) is 0 Å². The van der Waals surface area contributed by atoms with E-state index in [1.54, 1.807) is 17.4 Å². The molecule has 0 aromatic carbocycles. The first-order chi connectivity index (χ1) is 13.4. The van der Waals surface area contributed by atoms with Crippen molar-refractivity contribution in [3.05, 3.63) is 44.6 Å². The van der Waals surface area contributed by atoms with Gasteiger partial charge in [-0.2, -0.15) is 0 Å². The van der Waals surface area contributed by atoms with Gasteiger partial charge in [0.2, 0.25) is 0 Å². The third-order valence-electron chi connectivity index (χ3n) is 5.23. The summed E-state index contributed by atoms with van der Waals surface area (Å²) in [6.07, 6.45) is 12.7. The Morgan fingerprint density at radius 1 is 1.29 bits per heavy atom. The van der Waals surface area contributed by atoms with Crippen molar-refractivity contribution in [1.29, 1.82) is 0 Å². The molecule has 0 radical (unpaired) electrons. The molecule has 28 heavy (non-hydrogen) atoms. The fraction of sp³-hybridized carbons (Fsp3) is 0.545. The average molecular weight is 469 g/mol. The lowest BCUT2D eigenvalue weighted by Gasteiger charge is -2.17. The minimum atomic E-state index is -0.767. The summed E-state index contributed by atoms with van der Waals surface area (Å²) in [6, 6.07) is 2.09. The molecule has 1 heterocycles. The number of aliphatic hydroxyl groups excluding tert-OH is 1. The minimum Gasteiger partial charge on any atom is -0.481 e. The number of carbonyl (C=O) groups excluding carboxylic acids is 1. The van der Waals surface area contributed by atoms with Crippen molar-refractivity contribution < 1.29 is 19.8 Å². The second-order valence-corrected chi connectivity index (χ2v) is 9.60. The van der Waals surface area contributed by atoms with E-state index in [-0.39, 0.29) is 30.1 Å². The highest BCUT2D eigenvalue weighted by Gasteiger charge is 2.32. The highest BCUT2D eigenvalue weighted by molar-refractivity contribution is 9.10. The Morgan fingerprint density at radius 3 is 2.75 bits per heavy atom. The van der Waals surface area contributed by atoms with E-state index < -0.39 is 5.97 Å². The van der Waals surface area contributed by atoms with Gasteiger partial charge in [0, 0.05) is 27.1 Å². The van der Waals surface area contributed by atoms with Gasteiger partial charge < -0.3 is 10.2 Å². The first-order valence-electron chi connectivity index (χ1n) is 9.87. The van der Waals surface area contributed by atoms with Gasteiger partial charge >= 0.3 is 5.97 Å². The van der Waals surface area contributed by atoms with Gasteiger partial charge in [0.15, 0.2) is 5.78 Å². The predicted molar refractivity (Wildman–Crippen MR) is 117 cm³/mol. The fourth-order valence-corrected chi connectivity index (χ4v) is 5.19. The van der Waals surface area contributed by atoms with E-state index in [9.17, 15) is 14.7 Å². The highest BCUT2D eigenvalue weighted by Crippen LogP contribution is 2.36. The van der Waals surface area contributed by atoms with Crippen LogP contribution in [0.4, 0.5) is 0 Å². The second kappa shape index (κ2) is 11.7. The van der Waals surface area contributed by atoms with Gasteiger partial charge in [0.05, 0.1) is 6.10 Å². The third-order valence-corrected chi connectivity index (χ3v) is 7.43. The Labute approximate surface area is 179 Å². The van der Waals surface area contributed by atoms with Gasteiger partial charge in [0.1, 0.15) is 0 Å². The molecular weight excluding hydrogens is 440 g/mol. The lowest BCUT2D eigenvalue weighted by Crippen LogP contribution is -2.17. The van der Waals surface area contributed by atoms with Crippen molar-refractivity contribution in [2.45, 2.75) is 64.4 Å². The number of hydrogen-bond donors (Lipinski definition) is 2. The molecule has 0 saturated heterocycles. The van der Waals surface area contributed by atoms with Gasteiger partial charge in [-0.3, -0.25) is 9.59 Å². The number of thiophene rings is 1. The predicted octanol–water partition coefficient (Wildman–Crippen LogP) is 5.47. The van der Waals surface area contributed by atoms with Gasteiger partial charge in [-0.05, 0) is 85.4 Å². The summed E-state index contributed by atoms with van der Waals surface area (Å²) in [5.41, 5.74) is 0. The zero-order valence-electron chi connectivity index (χ0n) is 16.3. The summed E-state index contributed by atoms with van der Waals surface area (Å²) < 4.78 is 1.11. The summed E-state index contributed by atoms with van der Waals surface area (Å²) in [5.74, 6) is -0.278. The molecule has 0 aliphatic heterocycles. The molecule has 1 saturated carbocycles. The number of carboxylic acid groups (broad SMARTS) is 1. The molecule has 1 aliphatic rings. The van der Waals surface area contributed by atoms with Crippen molar-refractivity contribution >= 4 is 39.0 Å². The Balaban J connectivity index is 1.77. The van der Waals surface area contributed by atoms with Crippen molar-refractivity contribution in [1.82, 2.24) is 0 Å². The topological polar surface area (TPSA) is 74.6 Å². The first-order valence-corrected chi connectivity index (χ1v) is 11.5. The molecule has 6 heteroatoms. The van der Waals surface area contributed by atoms with Crippen molar-refractivity contribution in [2.75, 3.05) is 0 Å². The van der Waals surface area contributed by atoms with Crippen LogP contribution in [0.1, 0.15) is 54.7 Å². The Morgan fingerprint density at radius 2 is 2.07 bits per heavy atom. The fourth-order valence-electron chi connectivity index (χ4n) is 3.59. The molecule has 1 aromatic rings. The van der Waals surface area contributed by atoms with Crippen LogP contribution >= 0.6 is 27.3 Å². The quantitative estimate of drug-likeness (QED) is 0.256. The van der Waals surface area contributed by atoms with Crippen molar-refractivity contribution in [3.8, 4) is 0 Å². The number of allylic oxidation sites excluding steroid dienone is 4. The van der Waals surface area contributed by atoms with E-state index in [4.69, 9.17) is 5.11 Å². The van der Waals surface area contributed by atoms with Gasteiger partial charge in [-0.1, -0.05) is 18.2 Å². The zero-order valence-corrected chi connectivity index (χ0v) is 18.7. The largest absolute Gasteiger partial charge is 0.481 e. The molecular formula is C22H29BrO4S. The number of halogens is 1. The van der Waals surface area contributed by atoms with Gasteiger partial charge in [-0.15, -0.1) is 11.3 Å². The molecule has 1 fully saturated rings. The normalized spacial score (nSPS) is 22.5. The Bertz CT molecular complexity index is 703. The smallest absolute Gasteiger partial charge is 0.303 e. The highest BCUT2D eigenvalue weighted by atomic mass is 79.9. The van der Waals surface area contributed by atoms with Gasteiger partial charge in [-0.25, -0.2) is 0 Å². The molecule has 1 aliphatic carbocycles. The molecule has 0 bridgehead atoms. The number of hydrogen-bond acceptors (Lipinski definition) is 4. The summed E-state index contributed by atoms with van der Waals surface area (Å²) in [7, 11) is 0. The lowest BCUT2D eigenvalue weighted by molar-refractivity contribution is -0.137. The van der Waals surface area contributed by atoms with E-state index in [1.807, 2.05) is 18.2 Å². The molecule has 2 rings (SSSR count). The molecule has 1 aromatic heterocycles. The molecule has 2 N–H and O–H groups in total. The molecule has 0 amide bonds. The molecule has 0 spiro atoms. The maximum absolute atomic E-state index is 12.2. The van der Waals surface area contributed by atoms with E-state index in [1.165, 1.54) is 9.75 Å². The number of ketones is 1. The SMILES string of the molecule is Cc1sc(CCC(=O)/C=C/[C@H]2CCC(O)[C@@H]2C/C=C\CCCC(=O)O)cc1Br. The van der Waals surface area contributed by atoms with Crippen LogP contribution in [0, 0.1) is 18.8 Å². The van der Waals surface area contributed by atoms with Crippen LogP contribution in [-0.4, -0.2) is 28.1 Å². The Kier molecular flexibility index (Phi) is 9.62. The summed E-state index contributed by atoms with van der Waals surface area (Å²) >= 11 is 5.23. The number of aryl methyl sites for hydroxylation is 2. The summed E-state index contributed by atoms with van der Waals surface area (Å²) in [6.45, 7) is 2.06. The molecule has 3 atom stereocenters. The zero-order chi connectivity index (χ0) is 20.5. The molecule has 4 nitrogen and oxygen atoms in total. The number of aliphatic hydroxyl groups is 1. The van der Waals surface area contributed by atoms with Crippen LogP contribution in [0.2, 0.25) is 0 Å². The van der Waals surface area contributed by atoms with Crippen molar-refractivity contribution in [3.63, 3.8) is 0 Å². The van der Waals surface area contributed by atoms with Gasteiger partial charge in [0.25, 0.3) is 0 Å². The maximum atomic E-state index is 12.2. The lowest BCUT2D eigenvalue weighted by atomic mass is 9.90. The minimum absolute atomic E-state index is 0.131. The number of rotatable bonds is 11. The maximum Gasteiger partial charge on any atom is 0.303 e. The van der Waals surface area contributed by atoms with Crippen LogP contribution < -0.4 is 0 Å². The van der Waals surface area contributed by atoms with E-state index in [0.717, 1.165) is 36.6 Å². The summed E-state index contributed by atoms with van der Waals surface area (Å²) in [4.78, 5) is 25.2. The van der Waals surface area contributed by atoms with Crippen LogP contribution in [0.15, 0.2) is 34.8 Å². The summed E-state index contributed by atoms with van der Waals surface area (Å²) in [5, 5.41) is 18.9. The van der Waals surface area contributed by atoms with Crippen LogP contribution in [0.25, 0.3) is 0 Å². The second-order valence-electron chi connectivity index (χ2n) is 7.41. The van der Waals surface area contributed by atoms with E-state index in [2.05, 4.69) is 28.9 Å². The molecule has 154 valence electrons. The average Bonchev–Trinajstić information content (AvgIpc) is 3.16. The van der Waals surface area contributed by atoms with E-state index in [0.29, 0.717) is 12.8 Å². The van der Waals surface area contributed by atoms with E-state index >= 15 is 0 Å². The number of carboxylic acids is 1. The Hall–Kier alpha value is -1.24. The third kappa shape index (κ3) is 7.64. The monoisotopic (exact) mass is 468 g/mol. The van der Waals surface area contributed by atoms with Crippen LogP contribution in [-0.2, 0) is 16.0 Å². The molecule has 1 unspecified atom stereocenters. The number of aliphatic carboxylic acids is 1. The standard InChI is InChI=1S/C22H29BrO4S/c1-15-20(23)14-18(28-15)12-11-17(24)10-8-16-9-13-21(25)19(16)6-4-2-3-5-7-22(26)27/h2,4,8,10,14,16,19,21,25H,3,5-7,9,11-13H2,1H3,(H,26,27)/b4-2-,10-8+/t16-,19+,21?/m0/s1. The first kappa shape index (κ1) is 23.0. The van der Waals surface area contributed by atoms with Crippen LogP contribution in [0.5, 0.6) is 0 Å². The van der Waals surface area contributed by atoms with Crippen molar-refractivity contribution in [2.24, 2.45) is 11.8 Å².